The molecule has 0 aliphatic heterocycles. The third-order valence-electron chi connectivity index (χ3n) is 2.50. The molecule has 1 N–H and O–H groups in total. The monoisotopic (exact) mass is 253 g/mol. The summed E-state index contributed by atoms with van der Waals surface area (Å²) >= 11 is 0. The van der Waals surface area contributed by atoms with Gasteiger partial charge in [-0.05, 0) is 39.0 Å². The fourth-order valence-corrected chi connectivity index (χ4v) is 1.55. The summed E-state index contributed by atoms with van der Waals surface area (Å²) in [5, 5.41) is 2.85. The van der Waals surface area contributed by atoms with Gasteiger partial charge in [-0.2, -0.15) is 0 Å². The van der Waals surface area contributed by atoms with Crippen LogP contribution in [0, 0.1) is 5.82 Å². The summed E-state index contributed by atoms with van der Waals surface area (Å²) in [5.74, 6) is -1.42. The summed E-state index contributed by atoms with van der Waals surface area (Å²) in [6.07, 6.45) is 0. The molecule has 1 rings (SSSR count). The van der Waals surface area contributed by atoms with Crippen LogP contribution in [0.2, 0.25) is 0 Å². The maximum atomic E-state index is 13.6. The lowest BCUT2D eigenvalue weighted by atomic mass is 10.0. The van der Waals surface area contributed by atoms with Gasteiger partial charge in [-0.1, -0.05) is 0 Å². The van der Waals surface area contributed by atoms with Crippen molar-refractivity contribution in [3.05, 3.63) is 29.6 Å². The molecule has 0 aliphatic carbocycles. The Morgan fingerprint density at radius 1 is 1.33 bits per heavy atom. The molecule has 0 aliphatic rings. The Kier molecular flexibility index (Phi) is 4.06. The van der Waals surface area contributed by atoms with Crippen LogP contribution in [0.25, 0.3) is 0 Å². The van der Waals surface area contributed by atoms with Crippen molar-refractivity contribution in [2.24, 2.45) is 0 Å². The van der Waals surface area contributed by atoms with E-state index in [1.165, 1.54) is 26.2 Å². The van der Waals surface area contributed by atoms with Gasteiger partial charge in [0.25, 0.3) is 0 Å². The third-order valence-corrected chi connectivity index (χ3v) is 2.50. The van der Waals surface area contributed by atoms with Gasteiger partial charge < -0.3 is 10.1 Å². The van der Waals surface area contributed by atoms with Crippen LogP contribution in [0.1, 0.15) is 31.1 Å². The highest BCUT2D eigenvalue weighted by atomic mass is 19.1. The Bertz CT molecular complexity index is 483. The van der Waals surface area contributed by atoms with Crippen molar-refractivity contribution in [1.29, 1.82) is 0 Å². The smallest absolute Gasteiger partial charge is 0.330 e. The van der Waals surface area contributed by atoms with Crippen LogP contribution in [0.5, 0.6) is 0 Å². The van der Waals surface area contributed by atoms with Crippen LogP contribution < -0.4 is 5.32 Å². The number of Topliss-reactive ketones (excluding diaryl/α,β-unsaturated/α-hetero) is 1. The summed E-state index contributed by atoms with van der Waals surface area (Å²) in [4.78, 5) is 22.5. The van der Waals surface area contributed by atoms with Gasteiger partial charge in [-0.15, -0.1) is 0 Å². The quantitative estimate of drug-likeness (QED) is 0.661. The van der Waals surface area contributed by atoms with E-state index in [1.807, 2.05) is 0 Å². The number of carbonyl (C=O) groups excluding carboxylic acids is 2. The van der Waals surface area contributed by atoms with Gasteiger partial charge in [-0.3, -0.25) is 4.79 Å². The zero-order valence-corrected chi connectivity index (χ0v) is 10.8. The van der Waals surface area contributed by atoms with Gasteiger partial charge >= 0.3 is 5.97 Å². The van der Waals surface area contributed by atoms with Gasteiger partial charge in [0.1, 0.15) is 11.4 Å². The molecule has 98 valence electrons. The van der Waals surface area contributed by atoms with Gasteiger partial charge in [0.15, 0.2) is 5.78 Å². The molecule has 0 spiro atoms. The lowest BCUT2D eigenvalue weighted by Crippen LogP contribution is -2.41. The molecule has 0 saturated heterocycles. The van der Waals surface area contributed by atoms with Crippen molar-refractivity contribution in [2.45, 2.75) is 26.3 Å². The lowest BCUT2D eigenvalue weighted by molar-refractivity contribution is -0.144. The first-order valence-corrected chi connectivity index (χ1v) is 5.45. The number of ketones is 1. The fourth-order valence-electron chi connectivity index (χ4n) is 1.55. The van der Waals surface area contributed by atoms with Crippen molar-refractivity contribution in [1.82, 2.24) is 0 Å². The average Bonchev–Trinajstić information content (AvgIpc) is 2.26. The number of hydrogen-bond acceptors (Lipinski definition) is 4. The maximum Gasteiger partial charge on any atom is 0.330 e. The summed E-state index contributed by atoms with van der Waals surface area (Å²) in [5.41, 5.74) is -0.539. The highest BCUT2D eigenvalue weighted by Crippen LogP contribution is 2.19. The molecule has 0 atom stereocenters. The second kappa shape index (κ2) is 5.16. The van der Waals surface area contributed by atoms with Gasteiger partial charge in [-0.25, -0.2) is 9.18 Å². The number of carbonyl (C=O) groups is 2. The van der Waals surface area contributed by atoms with E-state index < -0.39 is 17.3 Å². The number of esters is 1. The standard InChI is InChI=1S/C13H16FNO3/c1-8(16)10-6-5-9(7-11(10)14)15-13(2,3)12(17)18-4/h5-7,15H,1-4H3. The second-order valence-electron chi connectivity index (χ2n) is 4.49. The van der Waals surface area contributed by atoms with E-state index >= 15 is 0 Å². The Morgan fingerprint density at radius 3 is 2.39 bits per heavy atom. The number of rotatable bonds is 4. The predicted octanol–water partition coefficient (Wildman–Crippen LogP) is 2.39. The third kappa shape index (κ3) is 3.06. The molecule has 1 aromatic carbocycles. The van der Waals surface area contributed by atoms with Crippen molar-refractivity contribution in [2.75, 3.05) is 12.4 Å². The molecule has 0 heterocycles. The predicted molar refractivity (Wildman–Crippen MR) is 66.1 cm³/mol. The first-order chi connectivity index (χ1) is 8.27. The van der Waals surface area contributed by atoms with Gasteiger partial charge in [0.05, 0.1) is 12.7 Å². The van der Waals surface area contributed by atoms with E-state index in [0.717, 1.165) is 0 Å². The SMILES string of the molecule is COC(=O)C(C)(C)Nc1ccc(C(C)=O)c(F)c1. The minimum atomic E-state index is -0.973. The summed E-state index contributed by atoms with van der Waals surface area (Å²) < 4.78 is 18.2. The van der Waals surface area contributed by atoms with Crippen molar-refractivity contribution in [3.8, 4) is 0 Å². The van der Waals surface area contributed by atoms with Gasteiger partial charge in [0.2, 0.25) is 0 Å². The maximum absolute atomic E-state index is 13.6. The largest absolute Gasteiger partial charge is 0.467 e. The molecular weight excluding hydrogens is 237 g/mol. The number of hydrogen-bond donors (Lipinski definition) is 1. The molecule has 5 heteroatoms. The van der Waals surface area contributed by atoms with Crippen molar-refractivity contribution < 1.29 is 18.7 Å². The van der Waals surface area contributed by atoms with Crippen LogP contribution in [0.4, 0.5) is 10.1 Å². The van der Waals surface area contributed by atoms with Crippen LogP contribution in [0.15, 0.2) is 18.2 Å². The van der Waals surface area contributed by atoms with E-state index in [4.69, 9.17) is 0 Å². The zero-order valence-electron chi connectivity index (χ0n) is 10.8. The number of ether oxygens (including phenoxy) is 1. The fraction of sp³-hybridized carbons (Fsp3) is 0.385. The average molecular weight is 253 g/mol. The van der Waals surface area contributed by atoms with E-state index in [9.17, 15) is 14.0 Å². The van der Waals surface area contributed by atoms with E-state index in [0.29, 0.717) is 5.69 Å². The first kappa shape index (κ1) is 14.2. The molecule has 0 unspecified atom stereocenters. The van der Waals surface area contributed by atoms with Gasteiger partial charge in [0, 0.05) is 5.69 Å². The Hall–Kier alpha value is -1.91. The van der Waals surface area contributed by atoms with E-state index in [1.54, 1.807) is 19.9 Å². The van der Waals surface area contributed by atoms with Crippen LogP contribution >= 0.6 is 0 Å². The minimum absolute atomic E-state index is 0.0245. The van der Waals surface area contributed by atoms with Crippen molar-refractivity contribution in [3.63, 3.8) is 0 Å². The highest BCUT2D eigenvalue weighted by molar-refractivity contribution is 5.94. The summed E-state index contributed by atoms with van der Waals surface area (Å²) in [6.45, 7) is 4.54. The highest BCUT2D eigenvalue weighted by Gasteiger charge is 2.28. The Labute approximate surface area is 105 Å². The van der Waals surface area contributed by atoms with Crippen LogP contribution in [0.3, 0.4) is 0 Å². The Balaban J connectivity index is 2.97. The minimum Gasteiger partial charge on any atom is -0.467 e. The first-order valence-electron chi connectivity index (χ1n) is 5.45. The summed E-state index contributed by atoms with van der Waals surface area (Å²) in [6, 6.07) is 4.11. The zero-order chi connectivity index (χ0) is 13.9. The number of nitrogens with one attached hydrogen (secondary N) is 1. The lowest BCUT2D eigenvalue weighted by Gasteiger charge is -2.24. The molecule has 0 fully saturated rings. The number of methoxy groups -OCH3 is 1. The number of anilines is 1. The van der Waals surface area contributed by atoms with E-state index in [2.05, 4.69) is 10.1 Å². The molecule has 0 aromatic heterocycles. The molecule has 4 nitrogen and oxygen atoms in total. The topological polar surface area (TPSA) is 55.4 Å². The molecule has 0 saturated carbocycles. The number of benzene rings is 1. The Morgan fingerprint density at radius 2 is 1.94 bits per heavy atom. The normalized spacial score (nSPS) is 10.9. The second-order valence-corrected chi connectivity index (χ2v) is 4.49. The molecular formula is C13H16FNO3. The molecule has 0 amide bonds. The van der Waals surface area contributed by atoms with Crippen LogP contribution in [-0.4, -0.2) is 24.4 Å². The summed E-state index contributed by atoms with van der Waals surface area (Å²) in [7, 11) is 1.28. The molecule has 1 aromatic rings. The van der Waals surface area contributed by atoms with Crippen LogP contribution in [-0.2, 0) is 9.53 Å². The molecule has 18 heavy (non-hydrogen) atoms. The number of halogens is 1. The van der Waals surface area contributed by atoms with E-state index in [-0.39, 0.29) is 11.3 Å². The molecule has 0 radical (unpaired) electrons. The molecule has 0 bridgehead atoms. The van der Waals surface area contributed by atoms with Crippen molar-refractivity contribution >= 4 is 17.4 Å².